The van der Waals surface area contributed by atoms with Crippen molar-refractivity contribution in [1.82, 2.24) is 4.98 Å². The molecule has 0 aliphatic rings. The Kier molecular flexibility index (Phi) is 3.95. The van der Waals surface area contributed by atoms with Gasteiger partial charge in [-0.05, 0) is 30.3 Å². The van der Waals surface area contributed by atoms with E-state index in [-0.39, 0.29) is 16.3 Å². The van der Waals surface area contributed by atoms with Gasteiger partial charge in [-0.3, -0.25) is 4.79 Å². The maximum absolute atomic E-state index is 12.9. The highest BCUT2D eigenvalue weighted by Crippen LogP contribution is 2.18. The minimum absolute atomic E-state index is 0.0161. The van der Waals surface area contributed by atoms with Crippen molar-refractivity contribution in [1.29, 1.82) is 0 Å². The van der Waals surface area contributed by atoms with Crippen molar-refractivity contribution < 1.29 is 19.1 Å². The molecule has 102 valence electrons. The van der Waals surface area contributed by atoms with Crippen LogP contribution in [0.5, 0.6) is 0 Å². The van der Waals surface area contributed by atoms with Gasteiger partial charge in [0.05, 0.1) is 22.5 Å². The van der Waals surface area contributed by atoms with Crippen LogP contribution in [-0.2, 0) is 0 Å². The summed E-state index contributed by atoms with van der Waals surface area (Å²) in [6.07, 6.45) is 1.21. The fourth-order valence-electron chi connectivity index (χ4n) is 1.47. The molecule has 2 rings (SSSR count). The van der Waals surface area contributed by atoms with E-state index in [0.29, 0.717) is 5.69 Å². The van der Waals surface area contributed by atoms with E-state index in [2.05, 4.69) is 10.3 Å². The van der Waals surface area contributed by atoms with Gasteiger partial charge in [-0.15, -0.1) is 0 Å². The Morgan fingerprint density at radius 1 is 1.25 bits per heavy atom. The maximum Gasteiger partial charge on any atom is 0.354 e. The lowest BCUT2D eigenvalue weighted by molar-refractivity contribution is 0.0690. The van der Waals surface area contributed by atoms with Crippen LogP contribution in [-0.4, -0.2) is 22.0 Å². The molecule has 1 amide bonds. The van der Waals surface area contributed by atoms with Crippen molar-refractivity contribution in [3.05, 3.63) is 58.6 Å². The number of carbonyl (C=O) groups excluding carboxylic acids is 1. The quantitative estimate of drug-likeness (QED) is 0.912. The molecular formula is C13H8ClFN2O3. The number of pyridine rings is 1. The van der Waals surface area contributed by atoms with E-state index in [9.17, 15) is 14.0 Å². The number of aromatic nitrogens is 1. The van der Waals surface area contributed by atoms with Gasteiger partial charge in [-0.2, -0.15) is 0 Å². The average molecular weight is 295 g/mol. The summed E-state index contributed by atoms with van der Waals surface area (Å²) in [5.74, 6) is -2.25. The molecule has 0 bridgehead atoms. The molecule has 0 saturated heterocycles. The second-order valence-electron chi connectivity index (χ2n) is 3.82. The number of carboxylic acid groups (broad SMARTS) is 1. The molecule has 1 heterocycles. The first-order chi connectivity index (χ1) is 9.47. The molecule has 0 unspecified atom stereocenters. The van der Waals surface area contributed by atoms with Crippen LogP contribution in [0, 0.1) is 5.82 Å². The van der Waals surface area contributed by atoms with Crippen LogP contribution in [0.3, 0.4) is 0 Å². The summed E-state index contributed by atoms with van der Waals surface area (Å²) >= 11 is 5.76. The lowest BCUT2D eigenvalue weighted by Crippen LogP contribution is -2.13. The number of halogens is 2. The largest absolute Gasteiger partial charge is 0.477 e. The number of nitrogens with one attached hydrogen (secondary N) is 1. The third-order valence-corrected chi connectivity index (χ3v) is 2.73. The smallest absolute Gasteiger partial charge is 0.354 e. The molecule has 0 fully saturated rings. The molecule has 2 aromatic rings. The predicted octanol–water partition coefficient (Wildman–Crippen LogP) is 2.82. The van der Waals surface area contributed by atoms with Crippen LogP contribution in [0.1, 0.15) is 20.8 Å². The summed E-state index contributed by atoms with van der Waals surface area (Å²) in [6.45, 7) is 0. The van der Waals surface area contributed by atoms with Crippen LogP contribution in [0.25, 0.3) is 0 Å². The standard InChI is InChI=1S/C13H8ClFN2O3/c14-10-5-7(15)1-3-9(10)12(18)17-8-2-4-11(13(19)20)16-6-8/h1-6H,(H,17,18)(H,19,20). The molecule has 0 aliphatic carbocycles. The van der Waals surface area contributed by atoms with Crippen molar-refractivity contribution in [2.45, 2.75) is 0 Å². The van der Waals surface area contributed by atoms with E-state index in [1.165, 1.54) is 24.4 Å². The van der Waals surface area contributed by atoms with Crippen molar-refractivity contribution in [2.24, 2.45) is 0 Å². The van der Waals surface area contributed by atoms with Crippen molar-refractivity contribution in [3.63, 3.8) is 0 Å². The van der Waals surface area contributed by atoms with Gasteiger partial charge in [0.2, 0.25) is 0 Å². The molecule has 2 N–H and O–H groups in total. The van der Waals surface area contributed by atoms with E-state index < -0.39 is 17.7 Å². The average Bonchev–Trinajstić information content (AvgIpc) is 2.39. The Bertz CT molecular complexity index is 674. The van der Waals surface area contributed by atoms with E-state index in [1.54, 1.807) is 0 Å². The van der Waals surface area contributed by atoms with Crippen LogP contribution >= 0.6 is 11.6 Å². The van der Waals surface area contributed by atoms with Crippen LogP contribution in [0.2, 0.25) is 5.02 Å². The predicted molar refractivity (Wildman–Crippen MR) is 70.6 cm³/mol. The van der Waals surface area contributed by atoms with Gasteiger partial charge in [0, 0.05) is 0 Å². The molecule has 7 heteroatoms. The zero-order valence-electron chi connectivity index (χ0n) is 9.93. The van der Waals surface area contributed by atoms with Crippen molar-refractivity contribution in [3.8, 4) is 0 Å². The second-order valence-corrected chi connectivity index (χ2v) is 4.22. The number of benzene rings is 1. The lowest BCUT2D eigenvalue weighted by atomic mass is 10.2. The van der Waals surface area contributed by atoms with Crippen LogP contribution < -0.4 is 5.32 Å². The minimum atomic E-state index is -1.16. The zero-order valence-corrected chi connectivity index (χ0v) is 10.7. The molecule has 0 saturated carbocycles. The Morgan fingerprint density at radius 3 is 2.55 bits per heavy atom. The number of hydrogen-bond acceptors (Lipinski definition) is 3. The summed E-state index contributed by atoms with van der Waals surface area (Å²) in [6, 6.07) is 6.05. The van der Waals surface area contributed by atoms with Crippen molar-refractivity contribution in [2.75, 3.05) is 5.32 Å². The number of hydrogen-bond donors (Lipinski definition) is 2. The van der Waals surface area contributed by atoms with Gasteiger partial charge in [-0.25, -0.2) is 14.2 Å². The first-order valence-corrected chi connectivity index (χ1v) is 5.81. The number of amides is 1. The Morgan fingerprint density at radius 2 is 2.00 bits per heavy atom. The van der Waals surface area contributed by atoms with E-state index in [0.717, 1.165) is 12.1 Å². The highest BCUT2D eigenvalue weighted by Gasteiger charge is 2.12. The number of carboxylic acids is 1. The van der Waals surface area contributed by atoms with E-state index in [4.69, 9.17) is 16.7 Å². The Balaban J connectivity index is 2.17. The van der Waals surface area contributed by atoms with Gasteiger partial charge in [0.1, 0.15) is 11.5 Å². The fraction of sp³-hybridized carbons (Fsp3) is 0. The monoisotopic (exact) mass is 294 g/mol. The van der Waals surface area contributed by atoms with E-state index in [1.807, 2.05) is 0 Å². The lowest BCUT2D eigenvalue weighted by Gasteiger charge is -2.06. The molecule has 5 nitrogen and oxygen atoms in total. The molecule has 0 radical (unpaired) electrons. The van der Waals surface area contributed by atoms with Crippen LogP contribution in [0.4, 0.5) is 10.1 Å². The maximum atomic E-state index is 12.9. The summed E-state index contributed by atoms with van der Waals surface area (Å²) in [4.78, 5) is 26.2. The normalized spacial score (nSPS) is 10.1. The highest BCUT2D eigenvalue weighted by molar-refractivity contribution is 6.34. The fourth-order valence-corrected chi connectivity index (χ4v) is 1.72. The molecule has 1 aromatic heterocycles. The topological polar surface area (TPSA) is 79.3 Å². The molecule has 0 atom stereocenters. The molecule has 0 spiro atoms. The number of anilines is 1. The van der Waals surface area contributed by atoms with Gasteiger partial charge >= 0.3 is 5.97 Å². The Labute approximate surface area is 118 Å². The number of nitrogens with zero attached hydrogens (tertiary/aromatic N) is 1. The zero-order chi connectivity index (χ0) is 14.7. The molecule has 1 aromatic carbocycles. The molecule has 0 aliphatic heterocycles. The minimum Gasteiger partial charge on any atom is -0.477 e. The third-order valence-electron chi connectivity index (χ3n) is 2.42. The van der Waals surface area contributed by atoms with Gasteiger partial charge < -0.3 is 10.4 Å². The third kappa shape index (κ3) is 3.10. The van der Waals surface area contributed by atoms with Crippen LogP contribution in [0.15, 0.2) is 36.5 Å². The number of rotatable bonds is 3. The van der Waals surface area contributed by atoms with E-state index >= 15 is 0 Å². The second kappa shape index (κ2) is 5.66. The number of carbonyl (C=O) groups is 2. The highest BCUT2D eigenvalue weighted by atomic mass is 35.5. The SMILES string of the molecule is O=C(O)c1ccc(NC(=O)c2ccc(F)cc2Cl)cn1. The summed E-state index contributed by atoms with van der Waals surface area (Å²) in [5.41, 5.74) is 0.276. The number of aromatic carboxylic acids is 1. The first kappa shape index (κ1) is 14.0. The molecule has 20 heavy (non-hydrogen) atoms. The first-order valence-electron chi connectivity index (χ1n) is 5.43. The van der Waals surface area contributed by atoms with Gasteiger partial charge in [0.15, 0.2) is 0 Å². The summed E-state index contributed by atoms with van der Waals surface area (Å²) < 4.78 is 12.9. The summed E-state index contributed by atoms with van der Waals surface area (Å²) in [5, 5.41) is 11.2. The summed E-state index contributed by atoms with van der Waals surface area (Å²) in [7, 11) is 0. The van der Waals surface area contributed by atoms with Crippen molar-refractivity contribution >= 4 is 29.2 Å². The van der Waals surface area contributed by atoms with Gasteiger partial charge in [0.25, 0.3) is 5.91 Å². The van der Waals surface area contributed by atoms with Gasteiger partial charge in [-0.1, -0.05) is 11.6 Å². The Hall–Kier alpha value is -2.47. The molecular weight excluding hydrogens is 287 g/mol.